The lowest BCUT2D eigenvalue weighted by molar-refractivity contribution is 0.544. The zero-order valence-electron chi connectivity index (χ0n) is 9.97. The molecule has 0 fully saturated rings. The second-order valence-corrected chi connectivity index (χ2v) is 5.21. The maximum absolute atomic E-state index is 3.83. The topological polar surface area (TPSA) is 12.0 Å². The molecule has 0 amide bonds. The molecule has 0 aliphatic rings. The number of nitrogens with one attached hydrogen (secondary N) is 1. The quantitative estimate of drug-likeness (QED) is 0.719. The normalized spacial score (nSPS) is 12.7. The first kappa shape index (κ1) is 12.5. The Morgan fingerprint density at radius 2 is 2.27 bits per heavy atom. The van der Waals surface area contributed by atoms with Gasteiger partial charge in [0.15, 0.2) is 0 Å². The van der Waals surface area contributed by atoms with Crippen LogP contribution in [-0.2, 0) is 0 Å². The average Bonchev–Trinajstić information content (AvgIpc) is 2.54. The number of thiophene rings is 1. The van der Waals surface area contributed by atoms with Gasteiger partial charge in [-0.25, -0.2) is 0 Å². The summed E-state index contributed by atoms with van der Waals surface area (Å²) in [6, 6.07) is 2.76. The standard InChI is InChI=1S/C13H21NS/c1-5-7-12(14-8-6-2)13-9-10(3)11(4)15-13/h5,9,12,14H,1,6-8H2,2-4H3. The molecule has 1 N–H and O–H groups in total. The van der Waals surface area contributed by atoms with Crippen LogP contribution in [0.4, 0.5) is 0 Å². The van der Waals surface area contributed by atoms with Gasteiger partial charge in [0.1, 0.15) is 0 Å². The average molecular weight is 223 g/mol. The minimum atomic E-state index is 0.458. The lowest BCUT2D eigenvalue weighted by atomic mass is 10.1. The molecule has 1 aromatic heterocycles. The summed E-state index contributed by atoms with van der Waals surface area (Å²) in [6.07, 6.45) is 4.19. The molecule has 1 atom stereocenters. The third-order valence-electron chi connectivity index (χ3n) is 2.57. The molecule has 84 valence electrons. The fourth-order valence-electron chi connectivity index (χ4n) is 1.56. The van der Waals surface area contributed by atoms with Crippen LogP contribution in [0.2, 0.25) is 0 Å². The molecule has 2 heteroatoms. The van der Waals surface area contributed by atoms with Gasteiger partial charge in [0.2, 0.25) is 0 Å². The smallest absolute Gasteiger partial charge is 0.0449 e. The van der Waals surface area contributed by atoms with Gasteiger partial charge in [-0.15, -0.1) is 17.9 Å². The largest absolute Gasteiger partial charge is 0.309 e. The van der Waals surface area contributed by atoms with E-state index in [4.69, 9.17) is 0 Å². The first-order valence-electron chi connectivity index (χ1n) is 5.60. The number of rotatable bonds is 6. The van der Waals surface area contributed by atoms with Gasteiger partial charge in [-0.05, 0) is 44.9 Å². The van der Waals surface area contributed by atoms with Gasteiger partial charge in [0.25, 0.3) is 0 Å². The second-order valence-electron chi connectivity index (χ2n) is 3.92. The van der Waals surface area contributed by atoms with Crippen LogP contribution in [0.3, 0.4) is 0 Å². The van der Waals surface area contributed by atoms with Crippen molar-refractivity contribution in [2.24, 2.45) is 0 Å². The summed E-state index contributed by atoms with van der Waals surface area (Å²) < 4.78 is 0. The Bertz CT molecular complexity index is 295. The molecule has 1 aromatic rings. The van der Waals surface area contributed by atoms with Crippen LogP contribution in [0, 0.1) is 13.8 Å². The number of hydrogen-bond donors (Lipinski definition) is 1. The third-order valence-corrected chi connectivity index (χ3v) is 3.84. The first-order valence-corrected chi connectivity index (χ1v) is 6.41. The second kappa shape index (κ2) is 6.09. The van der Waals surface area contributed by atoms with Crippen molar-refractivity contribution in [1.29, 1.82) is 0 Å². The van der Waals surface area contributed by atoms with Crippen molar-refractivity contribution in [2.45, 2.75) is 39.7 Å². The molecule has 0 aliphatic heterocycles. The van der Waals surface area contributed by atoms with Crippen LogP contribution in [0.25, 0.3) is 0 Å². The van der Waals surface area contributed by atoms with Gasteiger partial charge in [-0.2, -0.15) is 0 Å². The fraction of sp³-hybridized carbons (Fsp3) is 0.538. The summed E-state index contributed by atoms with van der Waals surface area (Å²) in [4.78, 5) is 2.87. The van der Waals surface area contributed by atoms with Crippen LogP contribution >= 0.6 is 11.3 Å². The van der Waals surface area contributed by atoms with Crippen LogP contribution < -0.4 is 5.32 Å². The summed E-state index contributed by atoms with van der Waals surface area (Å²) >= 11 is 1.90. The van der Waals surface area contributed by atoms with Crippen molar-refractivity contribution >= 4 is 11.3 Å². The van der Waals surface area contributed by atoms with Crippen molar-refractivity contribution in [2.75, 3.05) is 6.54 Å². The predicted octanol–water partition coefficient (Wildman–Crippen LogP) is 3.98. The first-order chi connectivity index (χ1) is 7.19. The van der Waals surface area contributed by atoms with E-state index < -0.39 is 0 Å². The molecular formula is C13H21NS. The molecule has 0 saturated carbocycles. The van der Waals surface area contributed by atoms with E-state index in [0.29, 0.717) is 6.04 Å². The van der Waals surface area contributed by atoms with E-state index in [9.17, 15) is 0 Å². The zero-order chi connectivity index (χ0) is 11.3. The molecule has 0 saturated heterocycles. The molecule has 1 nitrogen and oxygen atoms in total. The Labute approximate surface area is 97.2 Å². The summed E-state index contributed by atoms with van der Waals surface area (Å²) in [5.41, 5.74) is 1.40. The van der Waals surface area contributed by atoms with Crippen LogP contribution in [0.1, 0.15) is 41.1 Å². The molecular weight excluding hydrogens is 202 g/mol. The predicted molar refractivity (Wildman–Crippen MR) is 69.6 cm³/mol. The van der Waals surface area contributed by atoms with Crippen molar-refractivity contribution in [3.8, 4) is 0 Å². The van der Waals surface area contributed by atoms with E-state index in [0.717, 1.165) is 13.0 Å². The maximum Gasteiger partial charge on any atom is 0.0449 e. The van der Waals surface area contributed by atoms with E-state index in [1.54, 1.807) is 0 Å². The van der Waals surface area contributed by atoms with Crippen molar-refractivity contribution in [3.63, 3.8) is 0 Å². The van der Waals surface area contributed by atoms with Gasteiger partial charge in [0.05, 0.1) is 0 Å². The Hall–Kier alpha value is -0.600. The van der Waals surface area contributed by atoms with Crippen molar-refractivity contribution < 1.29 is 0 Å². The van der Waals surface area contributed by atoms with Gasteiger partial charge < -0.3 is 5.32 Å². The highest BCUT2D eigenvalue weighted by Gasteiger charge is 2.12. The minimum absolute atomic E-state index is 0.458. The zero-order valence-corrected chi connectivity index (χ0v) is 10.8. The molecule has 0 bridgehead atoms. The molecule has 0 aliphatic carbocycles. The lowest BCUT2D eigenvalue weighted by Gasteiger charge is -2.14. The maximum atomic E-state index is 3.83. The van der Waals surface area contributed by atoms with Gasteiger partial charge in [0, 0.05) is 15.8 Å². The number of aryl methyl sites for hydroxylation is 2. The molecule has 0 aromatic carbocycles. The highest BCUT2D eigenvalue weighted by Crippen LogP contribution is 2.28. The molecule has 1 rings (SSSR count). The van der Waals surface area contributed by atoms with E-state index in [2.05, 4.69) is 38.7 Å². The third kappa shape index (κ3) is 3.47. The highest BCUT2D eigenvalue weighted by molar-refractivity contribution is 7.12. The SMILES string of the molecule is C=CCC(NCCC)c1cc(C)c(C)s1. The van der Waals surface area contributed by atoms with Crippen molar-refractivity contribution in [1.82, 2.24) is 5.32 Å². The minimum Gasteiger partial charge on any atom is -0.309 e. The Morgan fingerprint density at radius 3 is 2.73 bits per heavy atom. The summed E-state index contributed by atoms with van der Waals surface area (Å²) in [6.45, 7) is 11.5. The van der Waals surface area contributed by atoms with E-state index in [1.165, 1.54) is 21.7 Å². The molecule has 1 unspecified atom stereocenters. The molecule has 0 radical (unpaired) electrons. The van der Waals surface area contributed by atoms with Gasteiger partial charge in [-0.3, -0.25) is 0 Å². The Balaban J connectivity index is 2.73. The number of hydrogen-bond acceptors (Lipinski definition) is 2. The molecule has 15 heavy (non-hydrogen) atoms. The summed E-state index contributed by atoms with van der Waals surface area (Å²) in [7, 11) is 0. The van der Waals surface area contributed by atoms with E-state index >= 15 is 0 Å². The fourth-order valence-corrected chi connectivity index (χ4v) is 2.69. The van der Waals surface area contributed by atoms with Crippen LogP contribution in [-0.4, -0.2) is 6.54 Å². The monoisotopic (exact) mass is 223 g/mol. The van der Waals surface area contributed by atoms with Crippen LogP contribution in [0.15, 0.2) is 18.7 Å². The molecule has 0 spiro atoms. The Morgan fingerprint density at radius 1 is 1.53 bits per heavy atom. The van der Waals surface area contributed by atoms with E-state index in [-0.39, 0.29) is 0 Å². The van der Waals surface area contributed by atoms with Crippen LogP contribution in [0.5, 0.6) is 0 Å². The summed E-state index contributed by atoms with van der Waals surface area (Å²) in [5, 5.41) is 3.57. The van der Waals surface area contributed by atoms with Crippen molar-refractivity contribution in [3.05, 3.63) is 34.0 Å². The Kier molecular flexibility index (Phi) is 5.06. The molecule has 1 heterocycles. The lowest BCUT2D eigenvalue weighted by Crippen LogP contribution is -2.20. The van der Waals surface area contributed by atoms with E-state index in [1.807, 2.05) is 17.4 Å². The van der Waals surface area contributed by atoms with Gasteiger partial charge >= 0.3 is 0 Å². The van der Waals surface area contributed by atoms with Gasteiger partial charge in [-0.1, -0.05) is 13.0 Å². The summed E-state index contributed by atoms with van der Waals surface area (Å²) in [5.74, 6) is 0. The highest BCUT2D eigenvalue weighted by atomic mass is 32.1.